The summed E-state index contributed by atoms with van der Waals surface area (Å²) >= 11 is 0. The predicted octanol–water partition coefficient (Wildman–Crippen LogP) is 4.45. The highest BCUT2D eigenvalue weighted by atomic mass is 14.7. The molecule has 0 saturated carbocycles. The van der Waals surface area contributed by atoms with Gasteiger partial charge in [-0.1, -0.05) is 34.6 Å². The summed E-state index contributed by atoms with van der Waals surface area (Å²) in [6.07, 6.45) is 6.29. The van der Waals surface area contributed by atoms with Crippen molar-refractivity contribution in [2.75, 3.05) is 0 Å². The maximum Gasteiger partial charge on any atom is 0.0444 e. The minimum Gasteiger partial charge on any atom is -0.257 e. The first-order valence-electron chi connectivity index (χ1n) is 7.70. The highest BCUT2D eigenvalue weighted by Crippen LogP contribution is 2.38. The van der Waals surface area contributed by atoms with Crippen molar-refractivity contribution in [3.8, 4) is 0 Å². The van der Waals surface area contributed by atoms with Crippen LogP contribution in [0.2, 0.25) is 0 Å². The fourth-order valence-corrected chi connectivity index (χ4v) is 3.55. The third kappa shape index (κ3) is 2.20. The van der Waals surface area contributed by atoms with Crippen LogP contribution in [0, 0.1) is 5.92 Å². The van der Waals surface area contributed by atoms with E-state index in [1.54, 1.807) is 16.7 Å². The van der Waals surface area contributed by atoms with Crippen molar-refractivity contribution >= 4 is 0 Å². The van der Waals surface area contributed by atoms with Crippen LogP contribution in [0.5, 0.6) is 0 Å². The van der Waals surface area contributed by atoms with Crippen LogP contribution in [0.25, 0.3) is 0 Å². The maximum absolute atomic E-state index is 4.93. The van der Waals surface area contributed by atoms with Gasteiger partial charge in [-0.25, -0.2) is 0 Å². The van der Waals surface area contributed by atoms with Gasteiger partial charge in [-0.2, -0.15) is 0 Å². The largest absolute Gasteiger partial charge is 0.257 e. The van der Waals surface area contributed by atoms with Crippen molar-refractivity contribution in [3.05, 3.63) is 28.1 Å². The van der Waals surface area contributed by atoms with Crippen LogP contribution >= 0.6 is 0 Å². The normalized spacial score (nSPS) is 20.4. The first kappa shape index (κ1) is 13.6. The van der Waals surface area contributed by atoms with Crippen LogP contribution in [0.4, 0.5) is 0 Å². The fraction of sp³-hybridized carbons (Fsp3) is 0.706. The lowest BCUT2D eigenvalue weighted by Crippen LogP contribution is -2.05. The van der Waals surface area contributed by atoms with E-state index in [0.717, 1.165) is 5.92 Å². The monoisotopic (exact) mass is 245 g/mol. The fourth-order valence-electron chi connectivity index (χ4n) is 3.55. The highest BCUT2D eigenvalue weighted by Gasteiger charge is 2.28. The van der Waals surface area contributed by atoms with Gasteiger partial charge in [0.1, 0.15) is 0 Å². The van der Waals surface area contributed by atoms with Gasteiger partial charge in [-0.3, -0.25) is 4.98 Å². The molecule has 0 N–H and O–H groups in total. The molecule has 1 aromatic rings. The Bertz CT molecular complexity index is 432. The number of rotatable bonds is 1. The Balaban J connectivity index is 0.000000574. The van der Waals surface area contributed by atoms with Gasteiger partial charge < -0.3 is 0 Å². The van der Waals surface area contributed by atoms with E-state index >= 15 is 0 Å². The third-order valence-corrected chi connectivity index (χ3v) is 4.13. The SMILES string of the molecule is CC.CC1Cc2nc3c(c(C(C)C)c2C1)CCC3. The quantitative estimate of drug-likeness (QED) is 0.712. The van der Waals surface area contributed by atoms with Gasteiger partial charge >= 0.3 is 0 Å². The second-order valence-corrected chi connectivity index (χ2v) is 5.90. The first-order chi connectivity index (χ1) is 8.66. The molecule has 1 aromatic heterocycles. The molecule has 2 aliphatic rings. The minimum atomic E-state index is 0.675. The maximum atomic E-state index is 4.93. The van der Waals surface area contributed by atoms with E-state index in [4.69, 9.17) is 4.98 Å². The van der Waals surface area contributed by atoms with Gasteiger partial charge in [0.05, 0.1) is 0 Å². The Morgan fingerprint density at radius 2 is 1.72 bits per heavy atom. The second kappa shape index (κ2) is 5.42. The average molecular weight is 245 g/mol. The Labute approximate surface area is 112 Å². The van der Waals surface area contributed by atoms with Crippen LogP contribution in [-0.2, 0) is 25.7 Å². The number of fused-ring (bicyclic) bond motifs is 2. The molecule has 18 heavy (non-hydrogen) atoms. The second-order valence-electron chi connectivity index (χ2n) is 5.90. The molecule has 0 aromatic carbocycles. The van der Waals surface area contributed by atoms with E-state index in [1.807, 2.05) is 13.8 Å². The topological polar surface area (TPSA) is 12.9 Å². The van der Waals surface area contributed by atoms with Crippen molar-refractivity contribution in [3.63, 3.8) is 0 Å². The first-order valence-corrected chi connectivity index (χ1v) is 7.70. The molecule has 0 aliphatic heterocycles. The zero-order valence-electron chi connectivity index (χ0n) is 12.6. The molecule has 1 unspecified atom stereocenters. The van der Waals surface area contributed by atoms with E-state index in [2.05, 4.69) is 20.8 Å². The van der Waals surface area contributed by atoms with Crippen LogP contribution < -0.4 is 0 Å². The molecule has 0 fully saturated rings. The number of hydrogen-bond acceptors (Lipinski definition) is 1. The van der Waals surface area contributed by atoms with Crippen molar-refractivity contribution in [1.29, 1.82) is 0 Å². The smallest absolute Gasteiger partial charge is 0.0444 e. The van der Waals surface area contributed by atoms with Crippen LogP contribution in [0.1, 0.15) is 75.0 Å². The third-order valence-electron chi connectivity index (χ3n) is 4.13. The lowest BCUT2D eigenvalue weighted by atomic mass is 9.91. The predicted molar refractivity (Wildman–Crippen MR) is 78.3 cm³/mol. The van der Waals surface area contributed by atoms with E-state index in [1.165, 1.54) is 43.5 Å². The summed E-state index contributed by atoms with van der Waals surface area (Å²) in [6.45, 7) is 11.0. The van der Waals surface area contributed by atoms with E-state index in [0.29, 0.717) is 5.92 Å². The van der Waals surface area contributed by atoms with E-state index in [9.17, 15) is 0 Å². The number of aryl methyl sites for hydroxylation is 1. The van der Waals surface area contributed by atoms with Crippen LogP contribution in [0.15, 0.2) is 0 Å². The molecule has 100 valence electrons. The summed E-state index contributed by atoms with van der Waals surface area (Å²) in [5, 5.41) is 0. The summed E-state index contributed by atoms with van der Waals surface area (Å²) in [4.78, 5) is 4.93. The lowest BCUT2D eigenvalue weighted by Gasteiger charge is -2.17. The summed E-state index contributed by atoms with van der Waals surface area (Å²) in [6, 6.07) is 0. The lowest BCUT2D eigenvalue weighted by molar-refractivity contribution is 0.620. The number of pyridine rings is 1. The molecule has 1 heteroatoms. The molecule has 1 heterocycles. The highest BCUT2D eigenvalue weighted by molar-refractivity contribution is 5.46. The number of hydrogen-bond donors (Lipinski definition) is 0. The molecule has 0 amide bonds. The zero-order valence-corrected chi connectivity index (χ0v) is 12.6. The van der Waals surface area contributed by atoms with Gasteiger partial charge in [0.15, 0.2) is 0 Å². The molecule has 0 saturated heterocycles. The van der Waals surface area contributed by atoms with Gasteiger partial charge in [-0.15, -0.1) is 0 Å². The summed E-state index contributed by atoms with van der Waals surface area (Å²) in [5.41, 5.74) is 7.75. The van der Waals surface area contributed by atoms with Crippen LogP contribution in [-0.4, -0.2) is 4.98 Å². The Hall–Kier alpha value is -0.850. The zero-order chi connectivity index (χ0) is 13.3. The molecule has 0 bridgehead atoms. The van der Waals surface area contributed by atoms with E-state index in [-0.39, 0.29) is 0 Å². The van der Waals surface area contributed by atoms with Gasteiger partial charge in [-0.05, 0) is 60.6 Å². The van der Waals surface area contributed by atoms with Crippen molar-refractivity contribution < 1.29 is 0 Å². The molecule has 1 nitrogen and oxygen atoms in total. The standard InChI is InChI=1S/C15H21N.C2H6/c1-9(2)15-11-5-4-6-13(11)16-14-8-10(3)7-12(14)15;1-2/h9-10H,4-8H2,1-3H3;1-2H3. The molecule has 0 spiro atoms. The molecular weight excluding hydrogens is 218 g/mol. The summed E-state index contributed by atoms with van der Waals surface area (Å²) in [5.74, 6) is 1.48. The Morgan fingerprint density at radius 1 is 1.00 bits per heavy atom. The molecule has 0 radical (unpaired) electrons. The molecule has 1 atom stereocenters. The summed E-state index contributed by atoms with van der Waals surface area (Å²) in [7, 11) is 0. The molecular formula is C17H27N. The Kier molecular flexibility index (Phi) is 4.09. The van der Waals surface area contributed by atoms with Crippen molar-refractivity contribution in [2.24, 2.45) is 5.92 Å². The van der Waals surface area contributed by atoms with Gasteiger partial charge in [0.2, 0.25) is 0 Å². The van der Waals surface area contributed by atoms with Gasteiger partial charge in [0, 0.05) is 11.4 Å². The summed E-state index contributed by atoms with van der Waals surface area (Å²) < 4.78 is 0. The minimum absolute atomic E-state index is 0.675. The molecule has 2 aliphatic carbocycles. The van der Waals surface area contributed by atoms with Crippen LogP contribution in [0.3, 0.4) is 0 Å². The molecule has 3 rings (SSSR count). The number of aromatic nitrogens is 1. The number of nitrogens with zero attached hydrogens (tertiary/aromatic N) is 1. The van der Waals surface area contributed by atoms with Crippen molar-refractivity contribution in [1.82, 2.24) is 4.98 Å². The van der Waals surface area contributed by atoms with Gasteiger partial charge in [0.25, 0.3) is 0 Å². The van der Waals surface area contributed by atoms with E-state index < -0.39 is 0 Å². The van der Waals surface area contributed by atoms with Crippen molar-refractivity contribution in [2.45, 2.75) is 72.6 Å². The average Bonchev–Trinajstić information content (AvgIpc) is 2.92. The Morgan fingerprint density at radius 3 is 2.39 bits per heavy atom.